The van der Waals surface area contributed by atoms with E-state index in [2.05, 4.69) is 68.4 Å². The zero-order valence-corrected chi connectivity index (χ0v) is 25.7. The van der Waals surface area contributed by atoms with Crippen molar-refractivity contribution in [1.82, 2.24) is 0 Å². The molecule has 5 aliphatic carbocycles. The van der Waals surface area contributed by atoms with Gasteiger partial charge in [-0.15, -0.1) is 0 Å². The van der Waals surface area contributed by atoms with E-state index in [9.17, 15) is 9.90 Å². The largest absolute Gasteiger partial charge is 0.481 e. The number of hydrogen-bond acceptors (Lipinski definition) is 3. The zero-order chi connectivity index (χ0) is 27.7. The predicted octanol–water partition coefficient (Wildman–Crippen LogP) is 8.25. The van der Waals surface area contributed by atoms with E-state index in [1.54, 1.807) is 5.57 Å². The Morgan fingerprint density at radius 3 is 2.24 bits per heavy atom. The monoisotopic (exact) mass is 526 g/mol. The second-order valence-electron chi connectivity index (χ2n) is 17.2. The van der Waals surface area contributed by atoms with E-state index in [1.807, 2.05) is 0 Å². The second kappa shape index (κ2) is 7.90. The number of carbonyl (C=O) groups is 1. The van der Waals surface area contributed by atoms with E-state index in [1.165, 1.54) is 19.3 Å². The number of allylic oxidation sites excluding steroid dienone is 2. The number of aliphatic carboxylic acids is 1. The Bertz CT molecular complexity index is 1060. The van der Waals surface area contributed by atoms with Crippen LogP contribution in [0.1, 0.15) is 120 Å². The van der Waals surface area contributed by atoms with Gasteiger partial charge in [0.05, 0.1) is 18.6 Å². The molecule has 0 radical (unpaired) electrons. The molecule has 10 atom stereocenters. The second-order valence-corrected chi connectivity index (χ2v) is 17.2. The standard InChI is InChI=1S/C34H54O4/c1-28(2)18-22-21-10-11-25-31(6)14-13-26-32(7,20-37-29(3,4)38-26)24(31)12-15-34(25,9)33(21,8)17-16-30(22,5)23(19-28)27(35)36/h10,22-26H,11-20H2,1-9H3,(H,35,36)/t22-,23?,24?,25-,26?,30-,31+,32+,33-,34-/m1/s1. The van der Waals surface area contributed by atoms with Crippen LogP contribution in [0.4, 0.5) is 0 Å². The topological polar surface area (TPSA) is 55.8 Å². The van der Waals surface area contributed by atoms with Gasteiger partial charge in [-0.1, -0.05) is 60.1 Å². The number of rotatable bonds is 1. The lowest BCUT2D eigenvalue weighted by molar-refractivity contribution is -0.351. The van der Waals surface area contributed by atoms with Gasteiger partial charge in [-0.25, -0.2) is 0 Å². The lowest BCUT2D eigenvalue weighted by atomic mass is 9.33. The van der Waals surface area contributed by atoms with Crippen molar-refractivity contribution in [3.8, 4) is 0 Å². The van der Waals surface area contributed by atoms with Crippen molar-refractivity contribution < 1.29 is 19.4 Å². The molecule has 4 saturated carbocycles. The van der Waals surface area contributed by atoms with Gasteiger partial charge < -0.3 is 14.6 Å². The Balaban J connectivity index is 1.39. The first-order valence-corrected chi connectivity index (χ1v) is 15.7. The van der Waals surface area contributed by atoms with Crippen molar-refractivity contribution in [2.75, 3.05) is 6.61 Å². The van der Waals surface area contributed by atoms with Gasteiger partial charge in [-0.05, 0) is 116 Å². The number of hydrogen-bond donors (Lipinski definition) is 1. The van der Waals surface area contributed by atoms with E-state index < -0.39 is 11.8 Å². The molecule has 6 rings (SSSR count). The quantitative estimate of drug-likeness (QED) is 0.350. The summed E-state index contributed by atoms with van der Waals surface area (Å²) in [4.78, 5) is 12.6. The molecular weight excluding hydrogens is 472 g/mol. The van der Waals surface area contributed by atoms with Gasteiger partial charge >= 0.3 is 5.97 Å². The third kappa shape index (κ3) is 3.37. The van der Waals surface area contributed by atoms with Crippen molar-refractivity contribution in [3.63, 3.8) is 0 Å². The Kier molecular flexibility index (Phi) is 5.68. The summed E-state index contributed by atoms with van der Waals surface area (Å²) in [5.74, 6) is 0.337. The highest BCUT2D eigenvalue weighted by atomic mass is 16.7. The summed E-state index contributed by atoms with van der Waals surface area (Å²) < 4.78 is 12.9. The molecular formula is C34H54O4. The van der Waals surface area contributed by atoms with E-state index >= 15 is 0 Å². The summed E-state index contributed by atoms with van der Waals surface area (Å²) in [7, 11) is 0. The maximum absolute atomic E-state index is 12.6. The molecule has 6 aliphatic rings. The molecule has 0 amide bonds. The number of carboxylic acid groups (broad SMARTS) is 1. The third-order valence-corrected chi connectivity index (χ3v) is 14.4. The minimum atomic E-state index is -0.576. The lowest BCUT2D eigenvalue weighted by Gasteiger charge is -2.72. The van der Waals surface area contributed by atoms with Crippen molar-refractivity contribution in [2.45, 2.75) is 132 Å². The molecule has 1 saturated heterocycles. The first-order valence-electron chi connectivity index (χ1n) is 15.7. The lowest BCUT2D eigenvalue weighted by Crippen LogP contribution is -2.67. The van der Waals surface area contributed by atoms with E-state index in [0.29, 0.717) is 17.8 Å². The number of ether oxygens (including phenoxy) is 2. The van der Waals surface area contributed by atoms with Gasteiger partial charge in [0.1, 0.15) is 0 Å². The molecule has 1 aliphatic heterocycles. The highest BCUT2D eigenvalue weighted by Gasteiger charge is 2.70. The number of carboxylic acids is 1. The Morgan fingerprint density at radius 1 is 0.842 bits per heavy atom. The smallest absolute Gasteiger partial charge is 0.307 e. The van der Waals surface area contributed by atoms with Crippen LogP contribution in [-0.4, -0.2) is 29.6 Å². The van der Waals surface area contributed by atoms with Gasteiger partial charge in [-0.3, -0.25) is 4.79 Å². The van der Waals surface area contributed by atoms with Gasteiger partial charge in [0.25, 0.3) is 0 Å². The molecule has 214 valence electrons. The minimum absolute atomic E-state index is 0.0649. The van der Waals surface area contributed by atoms with Crippen LogP contribution in [-0.2, 0) is 14.3 Å². The summed E-state index contributed by atoms with van der Waals surface area (Å²) >= 11 is 0. The SMILES string of the molecule is CC1(C)CC(C(=O)O)[C@]2(C)CC[C@]3(C)C(=CC[C@@H]4[C@@]5(C)CCC6OC(C)(C)OC[C@@]6(C)C5CC[C@]43C)[C@H]2C1. The molecule has 3 unspecified atom stereocenters. The van der Waals surface area contributed by atoms with Gasteiger partial charge in [0.15, 0.2) is 5.79 Å². The molecule has 4 heteroatoms. The third-order valence-electron chi connectivity index (χ3n) is 14.4. The van der Waals surface area contributed by atoms with Crippen LogP contribution in [0, 0.1) is 56.2 Å². The molecule has 0 aromatic rings. The van der Waals surface area contributed by atoms with Crippen LogP contribution >= 0.6 is 0 Å². The molecule has 1 heterocycles. The van der Waals surface area contributed by atoms with Gasteiger partial charge in [-0.2, -0.15) is 0 Å². The molecule has 38 heavy (non-hydrogen) atoms. The molecule has 0 aromatic carbocycles. The van der Waals surface area contributed by atoms with Crippen LogP contribution in [0.5, 0.6) is 0 Å². The van der Waals surface area contributed by atoms with E-state index in [-0.39, 0.29) is 44.5 Å². The van der Waals surface area contributed by atoms with Crippen LogP contribution in [0.3, 0.4) is 0 Å². The van der Waals surface area contributed by atoms with Crippen molar-refractivity contribution in [2.24, 2.45) is 56.2 Å². The Morgan fingerprint density at radius 2 is 1.55 bits per heavy atom. The molecule has 1 N–H and O–H groups in total. The summed E-state index contributed by atoms with van der Waals surface area (Å²) in [5, 5.41) is 10.3. The molecule has 0 aromatic heterocycles. The highest BCUT2D eigenvalue weighted by Crippen LogP contribution is 2.76. The maximum Gasteiger partial charge on any atom is 0.307 e. The van der Waals surface area contributed by atoms with E-state index in [4.69, 9.17) is 9.47 Å². The number of fused-ring (bicyclic) bond motifs is 9. The maximum atomic E-state index is 12.6. The summed E-state index contributed by atoms with van der Waals surface area (Å²) in [6.07, 6.45) is 13.1. The average Bonchev–Trinajstić information content (AvgIpc) is 2.80. The van der Waals surface area contributed by atoms with Gasteiger partial charge in [0.2, 0.25) is 0 Å². The van der Waals surface area contributed by atoms with Gasteiger partial charge in [0, 0.05) is 5.41 Å². The van der Waals surface area contributed by atoms with Crippen molar-refractivity contribution in [3.05, 3.63) is 11.6 Å². The van der Waals surface area contributed by atoms with Crippen molar-refractivity contribution in [1.29, 1.82) is 0 Å². The molecule has 0 spiro atoms. The first-order chi connectivity index (χ1) is 17.4. The fraction of sp³-hybridized carbons (Fsp3) is 0.912. The molecule has 5 fully saturated rings. The summed E-state index contributed by atoms with van der Waals surface area (Å²) in [5.41, 5.74) is 2.29. The van der Waals surface area contributed by atoms with Crippen LogP contribution in [0.15, 0.2) is 11.6 Å². The molecule has 0 bridgehead atoms. The zero-order valence-electron chi connectivity index (χ0n) is 25.7. The average molecular weight is 527 g/mol. The minimum Gasteiger partial charge on any atom is -0.481 e. The van der Waals surface area contributed by atoms with Crippen molar-refractivity contribution >= 4 is 5.97 Å². The Labute approximate surface area is 231 Å². The predicted molar refractivity (Wildman–Crippen MR) is 150 cm³/mol. The fourth-order valence-corrected chi connectivity index (χ4v) is 12.0. The normalized spacial score (nSPS) is 54.8. The van der Waals surface area contributed by atoms with Crippen LogP contribution in [0.2, 0.25) is 0 Å². The Hall–Kier alpha value is -0.870. The van der Waals surface area contributed by atoms with Crippen LogP contribution < -0.4 is 0 Å². The fourth-order valence-electron chi connectivity index (χ4n) is 12.0. The molecule has 4 nitrogen and oxygen atoms in total. The highest BCUT2D eigenvalue weighted by molar-refractivity contribution is 5.71. The summed E-state index contributed by atoms with van der Waals surface area (Å²) in [6, 6.07) is 0. The summed E-state index contributed by atoms with van der Waals surface area (Å²) in [6.45, 7) is 22.2. The van der Waals surface area contributed by atoms with E-state index in [0.717, 1.165) is 45.1 Å². The van der Waals surface area contributed by atoms with Crippen LogP contribution in [0.25, 0.3) is 0 Å². The first kappa shape index (κ1) is 27.3.